The highest BCUT2D eigenvalue weighted by molar-refractivity contribution is 5.36. The van der Waals surface area contributed by atoms with Gasteiger partial charge in [-0.3, -0.25) is 0 Å². The van der Waals surface area contributed by atoms with Crippen LogP contribution >= 0.6 is 0 Å². The van der Waals surface area contributed by atoms with E-state index in [0.29, 0.717) is 6.04 Å². The minimum atomic E-state index is -0.227. The first kappa shape index (κ1) is 12.7. The normalized spacial score (nSPS) is 30.2. The summed E-state index contributed by atoms with van der Waals surface area (Å²) < 4.78 is 0. The van der Waals surface area contributed by atoms with Crippen LogP contribution in [0.3, 0.4) is 0 Å². The molecule has 2 nitrogen and oxygen atoms in total. The van der Waals surface area contributed by atoms with E-state index < -0.39 is 0 Å². The summed E-state index contributed by atoms with van der Waals surface area (Å²) in [6, 6.07) is 13.3. The highest BCUT2D eigenvalue weighted by atomic mass is 14.9. The molecule has 2 heteroatoms. The van der Waals surface area contributed by atoms with E-state index in [1.807, 2.05) is 18.2 Å². The van der Waals surface area contributed by atoms with E-state index in [1.165, 1.54) is 31.2 Å². The molecule has 0 atom stereocenters. The summed E-state index contributed by atoms with van der Waals surface area (Å²) in [5.41, 5.74) is 0.963. The van der Waals surface area contributed by atoms with Gasteiger partial charge in [-0.1, -0.05) is 49.6 Å². The van der Waals surface area contributed by atoms with E-state index in [2.05, 4.69) is 23.5 Å². The third-order valence-electron chi connectivity index (χ3n) is 4.94. The first-order valence-corrected chi connectivity index (χ1v) is 7.52. The van der Waals surface area contributed by atoms with Gasteiger partial charge >= 0.3 is 0 Å². The summed E-state index contributed by atoms with van der Waals surface area (Å²) in [4.78, 5) is 0. The van der Waals surface area contributed by atoms with Gasteiger partial charge < -0.3 is 5.32 Å². The predicted octanol–water partition coefficient (Wildman–Crippen LogP) is 3.39. The SMILES string of the molecule is N#CC1(c2ccccc2)CC(NCCC2CCC2)C1. The maximum atomic E-state index is 9.49. The van der Waals surface area contributed by atoms with Crippen molar-refractivity contribution in [3.05, 3.63) is 35.9 Å². The van der Waals surface area contributed by atoms with E-state index in [9.17, 15) is 5.26 Å². The summed E-state index contributed by atoms with van der Waals surface area (Å²) in [6.45, 7) is 1.13. The van der Waals surface area contributed by atoms with Gasteiger partial charge in [-0.05, 0) is 37.3 Å². The van der Waals surface area contributed by atoms with Crippen LogP contribution in [0.4, 0.5) is 0 Å². The Hall–Kier alpha value is -1.33. The summed E-state index contributed by atoms with van der Waals surface area (Å²) in [5.74, 6) is 0.974. The van der Waals surface area contributed by atoms with Gasteiger partial charge in [0.05, 0.1) is 11.5 Å². The number of nitriles is 1. The van der Waals surface area contributed by atoms with Crippen molar-refractivity contribution >= 4 is 0 Å². The average Bonchev–Trinajstić information content (AvgIpc) is 2.36. The molecule has 2 aliphatic carbocycles. The zero-order chi connectivity index (χ0) is 13.1. The summed E-state index contributed by atoms with van der Waals surface area (Å²) >= 11 is 0. The molecule has 0 aromatic heterocycles. The van der Waals surface area contributed by atoms with Gasteiger partial charge in [0.1, 0.15) is 0 Å². The highest BCUT2D eigenvalue weighted by Crippen LogP contribution is 2.43. The van der Waals surface area contributed by atoms with Crippen LogP contribution in [0.15, 0.2) is 30.3 Å². The molecule has 0 saturated heterocycles. The second-order valence-electron chi connectivity index (χ2n) is 6.20. The van der Waals surface area contributed by atoms with Gasteiger partial charge in [-0.25, -0.2) is 0 Å². The second kappa shape index (κ2) is 5.35. The summed E-state index contributed by atoms with van der Waals surface area (Å²) in [7, 11) is 0. The maximum Gasteiger partial charge on any atom is 0.0852 e. The first-order chi connectivity index (χ1) is 9.32. The molecule has 19 heavy (non-hydrogen) atoms. The van der Waals surface area contributed by atoms with Crippen LogP contribution < -0.4 is 5.32 Å². The number of benzene rings is 1. The Bertz CT molecular complexity index is 450. The van der Waals surface area contributed by atoms with Crippen LogP contribution in [0, 0.1) is 17.2 Å². The largest absolute Gasteiger partial charge is 0.314 e. The Labute approximate surface area is 115 Å². The fraction of sp³-hybridized carbons (Fsp3) is 0.588. The minimum Gasteiger partial charge on any atom is -0.314 e. The molecule has 2 aliphatic rings. The molecular formula is C17H22N2. The first-order valence-electron chi connectivity index (χ1n) is 7.52. The number of hydrogen-bond donors (Lipinski definition) is 1. The standard InChI is InChI=1S/C17H22N2/c18-13-17(15-7-2-1-3-8-15)11-16(12-17)19-10-9-14-5-4-6-14/h1-3,7-8,14,16,19H,4-6,9-12H2. The van der Waals surface area contributed by atoms with E-state index in [0.717, 1.165) is 25.3 Å². The lowest BCUT2D eigenvalue weighted by Gasteiger charge is -2.43. The van der Waals surface area contributed by atoms with Gasteiger partial charge in [0, 0.05) is 6.04 Å². The molecule has 0 amide bonds. The number of rotatable bonds is 5. The van der Waals surface area contributed by atoms with Gasteiger partial charge in [0.25, 0.3) is 0 Å². The average molecular weight is 254 g/mol. The second-order valence-corrected chi connectivity index (χ2v) is 6.20. The van der Waals surface area contributed by atoms with E-state index in [4.69, 9.17) is 0 Å². The van der Waals surface area contributed by atoms with Crippen molar-refractivity contribution in [2.75, 3.05) is 6.54 Å². The molecule has 1 aromatic rings. The molecule has 0 bridgehead atoms. The topological polar surface area (TPSA) is 35.8 Å². The predicted molar refractivity (Wildman–Crippen MR) is 76.7 cm³/mol. The van der Waals surface area contributed by atoms with Crippen LogP contribution in [0.2, 0.25) is 0 Å². The molecule has 2 fully saturated rings. The Balaban J connectivity index is 1.48. The van der Waals surface area contributed by atoms with Gasteiger partial charge in [-0.2, -0.15) is 5.26 Å². The highest BCUT2D eigenvalue weighted by Gasteiger charge is 2.45. The van der Waals surface area contributed by atoms with Gasteiger partial charge in [-0.15, -0.1) is 0 Å². The Morgan fingerprint density at radius 1 is 1.21 bits per heavy atom. The maximum absolute atomic E-state index is 9.49. The van der Waals surface area contributed by atoms with Gasteiger partial charge in [0.15, 0.2) is 0 Å². The van der Waals surface area contributed by atoms with Crippen molar-refractivity contribution in [2.24, 2.45) is 5.92 Å². The lowest BCUT2D eigenvalue weighted by atomic mass is 9.62. The van der Waals surface area contributed by atoms with Crippen LogP contribution in [0.25, 0.3) is 0 Å². The number of nitrogens with one attached hydrogen (secondary N) is 1. The summed E-state index contributed by atoms with van der Waals surface area (Å²) in [5, 5.41) is 13.1. The van der Waals surface area contributed by atoms with E-state index in [1.54, 1.807) is 0 Å². The fourth-order valence-electron chi connectivity index (χ4n) is 3.35. The molecule has 0 spiro atoms. The molecule has 0 heterocycles. The third-order valence-corrected chi connectivity index (χ3v) is 4.94. The van der Waals surface area contributed by atoms with E-state index >= 15 is 0 Å². The Morgan fingerprint density at radius 2 is 1.95 bits per heavy atom. The number of nitrogens with zero attached hydrogens (tertiary/aromatic N) is 1. The molecular weight excluding hydrogens is 232 g/mol. The Kier molecular flexibility index (Phi) is 3.57. The molecule has 100 valence electrons. The smallest absolute Gasteiger partial charge is 0.0852 e. The van der Waals surface area contributed by atoms with Crippen molar-refractivity contribution in [2.45, 2.75) is 50.0 Å². The Morgan fingerprint density at radius 3 is 2.53 bits per heavy atom. The van der Waals surface area contributed by atoms with Crippen LogP contribution in [0.1, 0.15) is 44.1 Å². The van der Waals surface area contributed by atoms with Crippen molar-refractivity contribution in [3.8, 4) is 6.07 Å². The van der Waals surface area contributed by atoms with Gasteiger partial charge in [0.2, 0.25) is 0 Å². The zero-order valence-corrected chi connectivity index (χ0v) is 11.4. The van der Waals surface area contributed by atoms with E-state index in [-0.39, 0.29) is 5.41 Å². The number of hydrogen-bond acceptors (Lipinski definition) is 2. The molecule has 0 aliphatic heterocycles. The molecule has 1 aromatic carbocycles. The monoisotopic (exact) mass is 254 g/mol. The summed E-state index contributed by atoms with van der Waals surface area (Å²) in [6.07, 6.45) is 7.55. The van der Waals surface area contributed by atoms with Crippen LogP contribution in [-0.4, -0.2) is 12.6 Å². The van der Waals surface area contributed by atoms with Crippen molar-refractivity contribution < 1.29 is 0 Å². The zero-order valence-electron chi connectivity index (χ0n) is 11.4. The minimum absolute atomic E-state index is 0.227. The lowest BCUT2D eigenvalue weighted by molar-refractivity contribution is 0.213. The van der Waals surface area contributed by atoms with Crippen molar-refractivity contribution in [1.82, 2.24) is 5.32 Å². The molecule has 3 rings (SSSR count). The van der Waals surface area contributed by atoms with Crippen molar-refractivity contribution in [3.63, 3.8) is 0 Å². The molecule has 0 unspecified atom stereocenters. The fourth-order valence-corrected chi connectivity index (χ4v) is 3.35. The molecule has 0 radical (unpaired) electrons. The third kappa shape index (κ3) is 2.53. The van der Waals surface area contributed by atoms with Crippen LogP contribution in [-0.2, 0) is 5.41 Å². The van der Waals surface area contributed by atoms with Crippen LogP contribution in [0.5, 0.6) is 0 Å². The molecule has 1 N–H and O–H groups in total. The quantitative estimate of drug-likeness (QED) is 0.874. The lowest BCUT2D eigenvalue weighted by Crippen LogP contribution is -2.51. The van der Waals surface area contributed by atoms with Crippen molar-refractivity contribution in [1.29, 1.82) is 5.26 Å². The molecule has 2 saturated carbocycles.